The first-order valence-electron chi connectivity index (χ1n) is 16.7. The SMILES string of the molecule is CCOC(=O)N1CCN(C(=O)[C@H](CCC(=O)O)NC(=O)c2cc(OCC(=O)N3CCC[C@H]3C(=O)NCC3CC3)n(-c3ccccc3)n2)CC1. The van der Waals surface area contributed by atoms with Gasteiger partial charge >= 0.3 is 12.1 Å². The van der Waals surface area contributed by atoms with Gasteiger partial charge in [0.05, 0.1) is 12.3 Å². The third-order valence-corrected chi connectivity index (χ3v) is 8.76. The minimum Gasteiger partial charge on any atom is -0.481 e. The molecule has 5 amide bonds. The number of amides is 5. The number of carboxylic acids is 1. The fourth-order valence-electron chi connectivity index (χ4n) is 5.87. The van der Waals surface area contributed by atoms with Gasteiger partial charge in [-0.1, -0.05) is 18.2 Å². The number of aromatic nitrogens is 2. The number of ether oxygens (including phenoxy) is 2. The predicted octanol–water partition coefficient (Wildman–Crippen LogP) is 1.03. The average Bonchev–Trinajstić information content (AvgIpc) is 3.62. The molecule has 16 nitrogen and oxygen atoms in total. The fourth-order valence-corrected chi connectivity index (χ4v) is 5.87. The topological polar surface area (TPSA) is 193 Å². The molecule has 2 aliphatic heterocycles. The largest absolute Gasteiger partial charge is 0.481 e. The Kier molecular flexibility index (Phi) is 11.7. The Labute approximate surface area is 283 Å². The van der Waals surface area contributed by atoms with Gasteiger partial charge in [-0.3, -0.25) is 24.0 Å². The van der Waals surface area contributed by atoms with Crippen molar-refractivity contribution in [2.75, 3.05) is 52.5 Å². The minimum absolute atomic E-state index is 0.0853. The smallest absolute Gasteiger partial charge is 0.409 e. The van der Waals surface area contributed by atoms with Crippen molar-refractivity contribution in [1.29, 1.82) is 0 Å². The van der Waals surface area contributed by atoms with Crippen molar-refractivity contribution in [3.8, 4) is 11.6 Å². The number of likely N-dealkylation sites (tertiary alicyclic amines) is 1. The standard InChI is InChI=1S/C33H43N7O9/c1-2-48-33(47)38-17-15-37(16-18-38)32(46)24(12-13-29(42)43)35-30(44)25-19-28(40(36-25)23-7-4-3-5-8-23)49-21-27(41)39-14-6-9-26(39)31(45)34-20-22-10-11-22/h3-5,7-8,19,22,24,26H,2,6,9-18,20-21H2,1H3,(H,34,45)(H,35,44)(H,42,43)/t24-,26-/m0/s1. The van der Waals surface area contributed by atoms with Crippen LogP contribution in [-0.2, 0) is 23.9 Å². The Morgan fingerprint density at radius 1 is 0.980 bits per heavy atom. The average molecular weight is 682 g/mol. The zero-order valence-electron chi connectivity index (χ0n) is 27.5. The molecule has 3 heterocycles. The van der Waals surface area contributed by atoms with E-state index in [2.05, 4.69) is 15.7 Å². The highest BCUT2D eigenvalue weighted by Gasteiger charge is 2.36. The van der Waals surface area contributed by atoms with E-state index in [0.29, 0.717) is 37.5 Å². The monoisotopic (exact) mass is 681 g/mol. The molecular formula is C33H43N7O9. The summed E-state index contributed by atoms with van der Waals surface area (Å²) in [6.45, 7) is 3.40. The Bertz CT molecular complexity index is 1520. The molecule has 0 unspecified atom stereocenters. The molecule has 264 valence electrons. The van der Waals surface area contributed by atoms with E-state index in [1.54, 1.807) is 37.3 Å². The molecule has 1 aromatic carbocycles. The van der Waals surface area contributed by atoms with Crippen LogP contribution in [0.25, 0.3) is 5.69 Å². The van der Waals surface area contributed by atoms with Crippen LogP contribution < -0.4 is 15.4 Å². The van der Waals surface area contributed by atoms with E-state index in [1.807, 2.05) is 0 Å². The summed E-state index contributed by atoms with van der Waals surface area (Å²) >= 11 is 0. The molecule has 3 aliphatic rings. The summed E-state index contributed by atoms with van der Waals surface area (Å²) in [5.41, 5.74) is 0.422. The van der Waals surface area contributed by atoms with Crippen molar-refractivity contribution in [3.05, 3.63) is 42.1 Å². The van der Waals surface area contributed by atoms with E-state index >= 15 is 0 Å². The molecule has 2 saturated heterocycles. The number of aliphatic carboxylic acids is 1. The van der Waals surface area contributed by atoms with Gasteiger partial charge in [0, 0.05) is 51.8 Å². The van der Waals surface area contributed by atoms with Crippen molar-refractivity contribution in [2.24, 2.45) is 5.92 Å². The molecule has 0 bridgehead atoms. The van der Waals surface area contributed by atoms with Crippen LogP contribution in [0.5, 0.6) is 5.88 Å². The number of carboxylic acid groups (broad SMARTS) is 1. The van der Waals surface area contributed by atoms with Crippen LogP contribution in [0.15, 0.2) is 36.4 Å². The van der Waals surface area contributed by atoms with Crippen LogP contribution >= 0.6 is 0 Å². The maximum atomic E-state index is 13.5. The summed E-state index contributed by atoms with van der Waals surface area (Å²) in [6.07, 6.45) is 2.45. The molecule has 3 fully saturated rings. The molecule has 0 radical (unpaired) electrons. The summed E-state index contributed by atoms with van der Waals surface area (Å²) in [6, 6.07) is 8.41. The Hall–Kier alpha value is -5.15. The number of nitrogens with one attached hydrogen (secondary N) is 2. The number of hydrogen-bond donors (Lipinski definition) is 3. The van der Waals surface area contributed by atoms with E-state index in [0.717, 1.165) is 12.8 Å². The first-order chi connectivity index (χ1) is 23.6. The van der Waals surface area contributed by atoms with Crippen LogP contribution in [0.3, 0.4) is 0 Å². The number of carbonyl (C=O) groups excluding carboxylic acids is 5. The zero-order valence-corrected chi connectivity index (χ0v) is 27.5. The number of para-hydroxylation sites is 1. The van der Waals surface area contributed by atoms with Gasteiger partial charge in [0.2, 0.25) is 17.7 Å². The Balaban J connectivity index is 1.27. The third kappa shape index (κ3) is 9.27. The van der Waals surface area contributed by atoms with Gasteiger partial charge in [0.25, 0.3) is 11.8 Å². The van der Waals surface area contributed by atoms with Crippen LogP contribution in [0.2, 0.25) is 0 Å². The summed E-state index contributed by atoms with van der Waals surface area (Å²) in [4.78, 5) is 81.0. The quantitative estimate of drug-likeness (QED) is 0.259. The molecule has 5 rings (SSSR count). The van der Waals surface area contributed by atoms with E-state index in [4.69, 9.17) is 9.47 Å². The lowest BCUT2D eigenvalue weighted by molar-refractivity contribution is -0.140. The molecule has 0 spiro atoms. The van der Waals surface area contributed by atoms with E-state index < -0.39 is 42.6 Å². The van der Waals surface area contributed by atoms with Gasteiger partial charge in [0.1, 0.15) is 12.1 Å². The lowest BCUT2D eigenvalue weighted by Crippen LogP contribution is -2.56. The highest BCUT2D eigenvalue weighted by molar-refractivity contribution is 5.96. The second-order valence-corrected chi connectivity index (χ2v) is 12.3. The molecule has 49 heavy (non-hydrogen) atoms. The van der Waals surface area contributed by atoms with Gasteiger partial charge in [-0.05, 0) is 57.1 Å². The van der Waals surface area contributed by atoms with E-state index in [9.17, 15) is 33.9 Å². The minimum atomic E-state index is -1.18. The molecule has 1 aliphatic carbocycles. The van der Waals surface area contributed by atoms with Gasteiger partial charge < -0.3 is 39.9 Å². The highest BCUT2D eigenvalue weighted by Crippen LogP contribution is 2.28. The predicted molar refractivity (Wildman–Crippen MR) is 173 cm³/mol. The van der Waals surface area contributed by atoms with Crippen molar-refractivity contribution in [1.82, 2.24) is 35.1 Å². The zero-order chi connectivity index (χ0) is 34.9. The highest BCUT2D eigenvalue weighted by atomic mass is 16.6. The Morgan fingerprint density at radius 3 is 2.37 bits per heavy atom. The lowest BCUT2D eigenvalue weighted by atomic mass is 10.1. The van der Waals surface area contributed by atoms with Crippen LogP contribution in [0.1, 0.15) is 55.9 Å². The molecule has 1 aromatic heterocycles. The van der Waals surface area contributed by atoms with Crippen molar-refractivity contribution in [2.45, 2.75) is 57.5 Å². The molecule has 2 aromatic rings. The lowest BCUT2D eigenvalue weighted by Gasteiger charge is -2.35. The second kappa shape index (κ2) is 16.3. The van der Waals surface area contributed by atoms with E-state index in [1.165, 1.54) is 25.4 Å². The van der Waals surface area contributed by atoms with Gasteiger partial charge in [-0.15, -0.1) is 0 Å². The number of rotatable bonds is 14. The number of piperazine rings is 1. The summed E-state index contributed by atoms with van der Waals surface area (Å²) in [5, 5.41) is 19.3. The molecular weight excluding hydrogens is 638 g/mol. The maximum absolute atomic E-state index is 13.5. The van der Waals surface area contributed by atoms with Crippen molar-refractivity contribution in [3.63, 3.8) is 0 Å². The molecule has 2 atom stereocenters. The van der Waals surface area contributed by atoms with Gasteiger partial charge in [-0.25, -0.2) is 9.48 Å². The van der Waals surface area contributed by atoms with Crippen LogP contribution in [-0.4, -0.2) is 130 Å². The molecule has 16 heteroatoms. The molecule has 1 saturated carbocycles. The van der Waals surface area contributed by atoms with E-state index in [-0.39, 0.29) is 69.0 Å². The van der Waals surface area contributed by atoms with Crippen LogP contribution in [0, 0.1) is 5.92 Å². The Morgan fingerprint density at radius 2 is 1.69 bits per heavy atom. The summed E-state index contributed by atoms with van der Waals surface area (Å²) in [7, 11) is 0. The number of hydrogen-bond acceptors (Lipinski definition) is 9. The normalized spacial score (nSPS) is 18.1. The number of carbonyl (C=O) groups is 6. The maximum Gasteiger partial charge on any atom is 0.409 e. The first kappa shape index (κ1) is 35.2. The second-order valence-electron chi connectivity index (χ2n) is 12.3. The third-order valence-electron chi connectivity index (χ3n) is 8.76. The molecule has 3 N–H and O–H groups in total. The van der Waals surface area contributed by atoms with Crippen molar-refractivity contribution >= 4 is 35.7 Å². The fraction of sp³-hybridized carbons (Fsp3) is 0.545. The first-order valence-corrected chi connectivity index (χ1v) is 16.7. The van der Waals surface area contributed by atoms with Crippen molar-refractivity contribution < 1.29 is 43.3 Å². The number of benzene rings is 1. The number of nitrogens with zero attached hydrogens (tertiary/aromatic N) is 5. The summed E-state index contributed by atoms with van der Waals surface area (Å²) in [5.74, 6) is -2.30. The summed E-state index contributed by atoms with van der Waals surface area (Å²) < 4.78 is 12.3. The van der Waals surface area contributed by atoms with Gasteiger partial charge in [0.15, 0.2) is 12.3 Å². The van der Waals surface area contributed by atoms with Crippen LogP contribution in [0.4, 0.5) is 4.79 Å². The van der Waals surface area contributed by atoms with Gasteiger partial charge in [-0.2, -0.15) is 5.10 Å².